The Bertz CT molecular complexity index is 2400. The monoisotopic (exact) mass is 611 g/mol. The first kappa shape index (κ1) is 28.8. The topological polar surface area (TPSA) is 51.5 Å². The molecule has 0 aliphatic heterocycles. The summed E-state index contributed by atoms with van der Waals surface area (Å²) in [7, 11) is 0. The summed E-state index contributed by atoms with van der Waals surface area (Å²) in [6.45, 7) is 13.6. The molecule has 0 atom stereocenters. The maximum atomic E-state index is 9.65. The molecular weight excluding hydrogens is 574 g/mol. The van der Waals surface area contributed by atoms with Crippen LogP contribution in [0.15, 0.2) is 116 Å². The molecule has 0 amide bonds. The van der Waals surface area contributed by atoms with E-state index >= 15 is 0 Å². The first-order valence-electron chi connectivity index (χ1n) is 16.2. The lowest BCUT2D eigenvalue weighted by atomic mass is 9.86. The standard InChI is InChI=1S/C42H37N5/c1-41(2,3)28-15-17-35-33-11-7-9-13-37(33)46(39(35)19-28)31-21-30(45-26-27(24-43)25-44-45)22-32(23-31)47-38-14-10-8-12-34(38)36-18-16-29(20-40(36)47)42(4,5)6/h7-23,25-26H,1-6H3. The van der Waals surface area contributed by atoms with E-state index in [9.17, 15) is 5.26 Å². The van der Waals surface area contributed by atoms with Crippen LogP contribution < -0.4 is 0 Å². The zero-order valence-electron chi connectivity index (χ0n) is 27.7. The molecule has 3 aromatic heterocycles. The molecule has 0 spiro atoms. The van der Waals surface area contributed by atoms with Crippen molar-refractivity contribution in [1.29, 1.82) is 5.26 Å². The van der Waals surface area contributed by atoms with Crippen LogP contribution in [-0.4, -0.2) is 18.9 Å². The quantitative estimate of drug-likeness (QED) is 0.200. The molecule has 3 heterocycles. The smallest absolute Gasteiger partial charge is 0.102 e. The van der Waals surface area contributed by atoms with Crippen LogP contribution in [0.1, 0.15) is 58.2 Å². The summed E-state index contributed by atoms with van der Waals surface area (Å²) < 4.78 is 6.58. The average molecular weight is 612 g/mol. The number of hydrogen-bond donors (Lipinski definition) is 0. The van der Waals surface area contributed by atoms with E-state index in [0.717, 1.165) is 39.1 Å². The van der Waals surface area contributed by atoms with Crippen molar-refractivity contribution in [2.75, 3.05) is 0 Å². The second-order valence-electron chi connectivity index (χ2n) is 14.7. The van der Waals surface area contributed by atoms with Gasteiger partial charge in [-0.2, -0.15) is 10.4 Å². The number of nitrogens with zero attached hydrogens (tertiary/aromatic N) is 5. The van der Waals surface area contributed by atoms with Crippen molar-refractivity contribution in [3.05, 3.63) is 132 Å². The molecule has 0 N–H and O–H groups in total. The second kappa shape index (κ2) is 10.2. The minimum atomic E-state index is -0.00102. The third-order valence-corrected chi connectivity index (χ3v) is 9.46. The van der Waals surface area contributed by atoms with E-state index in [1.54, 1.807) is 12.4 Å². The third-order valence-electron chi connectivity index (χ3n) is 9.46. The van der Waals surface area contributed by atoms with Crippen LogP contribution in [0.2, 0.25) is 0 Å². The van der Waals surface area contributed by atoms with E-state index < -0.39 is 0 Å². The fraction of sp³-hybridized carbons (Fsp3) is 0.190. The van der Waals surface area contributed by atoms with Crippen molar-refractivity contribution in [3.63, 3.8) is 0 Å². The van der Waals surface area contributed by atoms with Gasteiger partial charge >= 0.3 is 0 Å². The van der Waals surface area contributed by atoms with Gasteiger partial charge in [-0.15, -0.1) is 0 Å². The van der Waals surface area contributed by atoms with Crippen LogP contribution in [0.25, 0.3) is 60.7 Å². The normalized spacial score (nSPS) is 12.4. The maximum absolute atomic E-state index is 9.65. The van der Waals surface area contributed by atoms with Crippen LogP contribution in [0.3, 0.4) is 0 Å². The minimum Gasteiger partial charge on any atom is -0.309 e. The highest BCUT2D eigenvalue weighted by atomic mass is 15.3. The lowest BCUT2D eigenvalue weighted by Gasteiger charge is -2.20. The Morgan fingerprint density at radius 1 is 0.532 bits per heavy atom. The number of nitriles is 1. The van der Waals surface area contributed by atoms with Crippen LogP contribution >= 0.6 is 0 Å². The predicted molar refractivity (Wildman–Crippen MR) is 194 cm³/mol. The van der Waals surface area contributed by atoms with Crippen LogP contribution in [0.4, 0.5) is 0 Å². The van der Waals surface area contributed by atoms with Gasteiger partial charge in [-0.1, -0.05) is 102 Å². The minimum absolute atomic E-state index is 0.00102. The number of fused-ring (bicyclic) bond motifs is 6. The second-order valence-corrected chi connectivity index (χ2v) is 14.7. The summed E-state index contributed by atoms with van der Waals surface area (Å²) in [6, 6.07) is 40.0. The lowest BCUT2D eigenvalue weighted by molar-refractivity contribution is 0.590. The van der Waals surface area contributed by atoms with Gasteiger partial charge in [-0.25, -0.2) is 4.68 Å². The Labute approximate surface area is 274 Å². The van der Waals surface area contributed by atoms with E-state index in [-0.39, 0.29) is 10.8 Å². The Morgan fingerprint density at radius 3 is 1.43 bits per heavy atom. The zero-order chi connectivity index (χ0) is 32.7. The predicted octanol–water partition coefficient (Wildman–Crippen LogP) is 10.5. The number of rotatable bonds is 3. The Kier molecular flexibility index (Phi) is 6.26. The Morgan fingerprint density at radius 2 is 0.979 bits per heavy atom. The van der Waals surface area contributed by atoms with Crippen molar-refractivity contribution in [2.24, 2.45) is 0 Å². The summed E-state index contributed by atoms with van der Waals surface area (Å²) in [4.78, 5) is 0. The summed E-state index contributed by atoms with van der Waals surface area (Å²) >= 11 is 0. The molecule has 5 nitrogen and oxygen atoms in total. The average Bonchev–Trinajstić information content (AvgIpc) is 3.76. The van der Waals surface area contributed by atoms with E-state index in [4.69, 9.17) is 0 Å². The maximum Gasteiger partial charge on any atom is 0.102 e. The molecule has 0 saturated carbocycles. The molecule has 0 fully saturated rings. The molecule has 8 rings (SSSR count). The fourth-order valence-corrected chi connectivity index (χ4v) is 6.92. The van der Waals surface area contributed by atoms with Gasteiger partial charge < -0.3 is 9.13 Å². The Hall–Kier alpha value is -5.60. The summed E-state index contributed by atoms with van der Waals surface area (Å²) in [5.41, 5.74) is 10.7. The third kappa shape index (κ3) is 4.63. The molecule has 0 radical (unpaired) electrons. The van der Waals surface area contributed by atoms with Crippen molar-refractivity contribution in [3.8, 4) is 23.1 Å². The first-order chi connectivity index (χ1) is 22.5. The fourth-order valence-electron chi connectivity index (χ4n) is 6.92. The number of benzene rings is 5. The lowest BCUT2D eigenvalue weighted by Crippen LogP contribution is -2.11. The van der Waals surface area contributed by atoms with E-state index in [0.29, 0.717) is 5.56 Å². The molecular formula is C42H37N5. The number of para-hydroxylation sites is 2. The molecule has 8 aromatic rings. The molecule has 5 aromatic carbocycles. The van der Waals surface area contributed by atoms with Crippen LogP contribution in [-0.2, 0) is 10.8 Å². The SMILES string of the molecule is CC(C)(C)c1ccc2c3ccccc3n(-c3cc(-n4cc(C#N)cn4)cc(-n4c5ccccc5c5ccc(C(C)(C)C)cc54)c3)c2c1. The van der Waals surface area contributed by atoms with E-state index in [2.05, 4.69) is 165 Å². The number of hydrogen-bond acceptors (Lipinski definition) is 2. The summed E-state index contributed by atoms with van der Waals surface area (Å²) in [5.74, 6) is 0. The zero-order valence-corrected chi connectivity index (χ0v) is 27.7. The van der Waals surface area contributed by atoms with Gasteiger partial charge in [0.2, 0.25) is 0 Å². The van der Waals surface area contributed by atoms with Crippen LogP contribution in [0, 0.1) is 11.3 Å². The molecule has 0 bridgehead atoms. The first-order valence-corrected chi connectivity index (χ1v) is 16.2. The van der Waals surface area contributed by atoms with Crippen molar-refractivity contribution in [1.82, 2.24) is 18.9 Å². The molecule has 47 heavy (non-hydrogen) atoms. The van der Waals surface area contributed by atoms with Crippen molar-refractivity contribution < 1.29 is 0 Å². The molecule has 0 unspecified atom stereocenters. The van der Waals surface area contributed by atoms with Gasteiger partial charge in [0.1, 0.15) is 6.07 Å². The van der Waals surface area contributed by atoms with Crippen molar-refractivity contribution in [2.45, 2.75) is 52.4 Å². The van der Waals surface area contributed by atoms with Gasteiger partial charge in [0, 0.05) is 27.7 Å². The molecule has 5 heteroatoms. The molecule has 0 aliphatic carbocycles. The van der Waals surface area contributed by atoms with Gasteiger partial charge in [-0.3, -0.25) is 0 Å². The van der Waals surface area contributed by atoms with Crippen LogP contribution in [0.5, 0.6) is 0 Å². The Balaban J connectivity index is 1.50. The van der Waals surface area contributed by atoms with Gasteiger partial charge in [-0.05, 0) is 64.4 Å². The summed E-state index contributed by atoms with van der Waals surface area (Å²) in [6.07, 6.45) is 3.43. The molecule has 0 saturated heterocycles. The van der Waals surface area contributed by atoms with E-state index in [1.165, 1.54) is 32.7 Å². The summed E-state index contributed by atoms with van der Waals surface area (Å²) in [5, 5.41) is 19.1. The molecule has 0 aliphatic rings. The van der Waals surface area contributed by atoms with Gasteiger partial charge in [0.15, 0.2) is 0 Å². The van der Waals surface area contributed by atoms with E-state index in [1.807, 2.05) is 4.68 Å². The largest absolute Gasteiger partial charge is 0.309 e. The highest BCUT2D eigenvalue weighted by molar-refractivity contribution is 6.11. The highest BCUT2D eigenvalue weighted by Crippen LogP contribution is 2.39. The van der Waals surface area contributed by atoms with Gasteiger partial charge in [0.25, 0.3) is 0 Å². The number of aromatic nitrogens is 4. The molecule has 230 valence electrons. The van der Waals surface area contributed by atoms with Gasteiger partial charge in [0.05, 0.1) is 50.9 Å². The highest BCUT2D eigenvalue weighted by Gasteiger charge is 2.21. The van der Waals surface area contributed by atoms with Crippen molar-refractivity contribution >= 4 is 43.6 Å².